The first kappa shape index (κ1) is 13.0. The average molecular weight is 258 g/mol. The summed E-state index contributed by atoms with van der Waals surface area (Å²) in [5.74, 6) is -1.06. The molecule has 1 heterocycles. The second-order valence-electron chi connectivity index (χ2n) is 4.46. The van der Waals surface area contributed by atoms with Gasteiger partial charge in [0.2, 0.25) is 5.91 Å². The zero-order valence-electron chi connectivity index (χ0n) is 10.9. The maximum absolute atomic E-state index is 11.4. The molecule has 98 valence electrons. The molecule has 0 aliphatic rings. The number of nitrogens with one attached hydrogen (secondary N) is 1. The minimum absolute atomic E-state index is 0.148. The number of aromatic nitrogens is 1. The van der Waals surface area contributed by atoms with Crippen molar-refractivity contribution < 1.29 is 14.7 Å². The SMILES string of the molecule is CC(=O)Nc1cc(C(=O)O)c2c(C)ccc(C)c2n1. The fourth-order valence-electron chi connectivity index (χ4n) is 2.05. The zero-order valence-corrected chi connectivity index (χ0v) is 10.9. The summed E-state index contributed by atoms with van der Waals surface area (Å²) in [7, 11) is 0. The lowest BCUT2D eigenvalue weighted by Crippen LogP contribution is -2.10. The standard InChI is InChI=1S/C14H14N2O3/c1-7-4-5-8(2)13-12(7)10(14(18)19)6-11(16-13)15-9(3)17/h4-6H,1-3H3,(H,18,19)(H,15,16,17). The molecule has 0 aliphatic heterocycles. The fraction of sp³-hybridized carbons (Fsp3) is 0.214. The Bertz CT molecular complexity index is 693. The summed E-state index contributed by atoms with van der Waals surface area (Å²) in [4.78, 5) is 26.8. The van der Waals surface area contributed by atoms with Gasteiger partial charge in [0.15, 0.2) is 0 Å². The van der Waals surface area contributed by atoms with E-state index in [0.29, 0.717) is 10.9 Å². The second kappa shape index (κ2) is 4.68. The molecule has 0 saturated carbocycles. The van der Waals surface area contributed by atoms with E-state index in [1.165, 1.54) is 13.0 Å². The number of rotatable bonds is 2. The maximum Gasteiger partial charge on any atom is 0.336 e. The number of hydrogen-bond acceptors (Lipinski definition) is 3. The monoisotopic (exact) mass is 258 g/mol. The number of benzene rings is 1. The Labute approximate surface area is 110 Å². The number of carbonyl (C=O) groups excluding carboxylic acids is 1. The molecular weight excluding hydrogens is 244 g/mol. The first-order valence-corrected chi connectivity index (χ1v) is 5.82. The number of nitrogens with zero attached hydrogens (tertiary/aromatic N) is 1. The van der Waals surface area contributed by atoms with Gasteiger partial charge in [-0.05, 0) is 31.0 Å². The van der Waals surface area contributed by atoms with Gasteiger partial charge in [0.25, 0.3) is 0 Å². The molecule has 0 fully saturated rings. The Morgan fingerprint density at radius 1 is 1.21 bits per heavy atom. The van der Waals surface area contributed by atoms with Crippen LogP contribution in [0, 0.1) is 13.8 Å². The van der Waals surface area contributed by atoms with E-state index < -0.39 is 5.97 Å². The average Bonchev–Trinajstić information content (AvgIpc) is 2.32. The summed E-state index contributed by atoms with van der Waals surface area (Å²) in [6.07, 6.45) is 0. The molecule has 1 aromatic carbocycles. The third-order valence-corrected chi connectivity index (χ3v) is 2.91. The molecule has 19 heavy (non-hydrogen) atoms. The molecule has 5 heteroatoms. The van der Waals surface area contributed by atoms with Crippen molar-refractivity contribution in [1.82, 2.24) is 4.98 Å². The summed E-state index contributed by atoms with van der Waals surface area (Å²) >= 11 is 0. The lowest BCUT2D eigenvalue weighted by Gasteiger charge is -2.11. The second-order valence-corrected chi connectivity index (χ2v) is 4.46. The van der Waals surface area contributed by atoms with Crippen molar-refractivity contribution in [1.29, 1.82) is 0 Å². The van der Waals surface area contributed by atoms with E-state index in [1.807, 2.05) is 26.0 Å². The van der Waals surface area contributed by atoms with Crippen LogP contribution >= 0.6 is 0 Å². The van der Waals surface area contributed by atoms with E-state index in [9.17, 15) is 14.7 Å². The number of pyridine rings is 1. The van der Waals surface area contributed by atoms with Crippen LogP contribution in [0.4, 0.5) is 5.82 Å². The minimum atomic E-state index is -1.03. The van der Waals surface area contributed by atoms with Gasteiger partial charge in [-0.3, -0.25) is 4.79 Å². The molecule has 1 aromatic heterocycles. The topological polar surface area (TPSA) is 79.3 Å². The predicted molar refractivity (Wildman–Crippen MR) is 72.5 cm³/mol. The third-order valence-electron chi connectivity index (χ3n) is 2.91. The molecule has 0 bridgehead atoms. The van der Waals surface area contributed by atoms with Crippen molar-refractivity contribution in [3.05, 3.63) is 34.9 Å². The molecule has 2 N–H and O–H groups in total. The van der Waals surface area contributed by atoms with Crippen molar-refractivity contribution in [3.63, 3.8) is 0 Å². The van der Waals surface area contributed by atoms with Crippen LogP contribution in [0.2, 0.25) is 0 Å². The van der Waals surface area contributed by atoms with Crippen molar-refractivity contribution in [2.75, 3.05) is 5.32 Å². The number of carboxylic acid groups (broad SMARTS) is 1. The summed E-state index contributed by atoms with van der Waals surface area (Å²) < 4.78 is 0. The van der Waals surface area contributed by atoms with E-state index in [-0.39, 0.29) is 17.3 Å². The Morgan fingerprint density at radius 2 is 1.84 bits per heavy atom. The summed E-state index contributed by atoms with van der Waals surface area (Å²) in [6.45, 7) is 5.06. The van der Waals surface area contributed by atoms with E-state index >= 15 is 0 Å². The maximum atomic E-state index is 11.4. The Balaban J connectivity index is 2.83. The summed E-state index contributed by atoms with van der Waals surface area (Å²) in [6, 6.07) is 5.14. The van der Waals surface area contributed by atoms with Crippen LogP contribution in [0.15, 0.2) is 18.2 Å². The number of hydrogen-bond donors (Lipinski definition) is 2. The molecule has 0 radical (unpaired) electrons. The molecule has 0 spiro atoms. The molecule has 0 saturated heterocycles. The highest BCUT2D eigenvalue weighted by atomic mass is 16.4. The summed E-state index contributed by atoms with van der Waals surface area (Å²) in [5.41, 5.74) is 2.47. The quantitative estimate of drug-likeness (QED) is 0.867. The number of amides is 1. The first-order chi connectivity index (χ1) is 8.90. The molecule has 5 nitrogen and oxygen atoms in total. The normalized spacial score (nSPS) is 10.5. The number of aromatic carboxylic acids is 1. The highest BCUT2D eigenvalue weighted by Gasteiger charge is 2.15. The van der Waals surface area contributed by atoms with Crippen LogP contribution in [0.1, 0.15) is 28.4 Å². The fourth-order valence-corrected chi connectivity index (χ4v) is 2.05. The number of aryl methyl sites for hydroxylation is 2. The smallest absolute Gasteiger partial charge is 0.336 e. The van der Waals surface area contributed by atoms with Gasteiger partial charge in [0.1, 0.15) is 5.82 Å². The van der Waals surface area contributed by atoms with Gasteiger partial charge >= 0.3 is 5.97 Å². The molecule has 0 aliphatic carbocycles. The molecule has 0 atom stereocenters. The van der Waals surface area contributed by atoms with Gasteiger partial charge in [-0.15, -0.1) is 0 Å². The van der Waals surface area contributed by atoms with Gasteiger partial charge in [0.05, 0.1) is 11.1 Å². The van der Waals surface area contributed by atoms with Crippen LogP contribution in [-0.4, -0.2) is 22.0 Å². The molecule has 2 aromatic rings. The van der Waals surface area contributed by atoms with Crippen molar-refractivity contribution in [2.45, 2.75) is 20.8 Å². The molecular formula is C14H14N2O3. The van der Waals surface area contributed by atoms with E-state index in [0.717, 1.165) is 11.1 Å². The highest BCUT2D eigenvalue weighted by molar-refractivity contribution is 6.06. The van der Waals surface area contributed by atoms with Crippen molar-refractivity contribution in [3.8, 4) is 0 Å². The number of carbonyl (C=O) groups is 2. The number of anilines is 1. The van der Waals surface area contributed by atoms with E-state index in [1.54, 1.807) is 0 Å². The molecule has 0 unspecified atom stereocenters. The molecule has 2 rings (SSSR count). The Hall–Kier alpha value is -2.43. The highest BCUT2D eigenvalue weighted by Crippen LogP contribution is 2.26. The predicted octanol–water partition coefficient (Wildman–Crippen LogP) is 2.51. The van der Waals surface area contributed by atoms with Crippen LogP contribution < -0.4 is 5.32 Å². The number of carboxylic acids is 1. The van der Waals surface area contributed by atoms with Gasteiger partial charge in [0, 0.05) is 12.3 Å². The van der Waals surface area contributed by atoms with Gasteiger partial charge < -0.3 is 10.4 Å². The minimum Gasteiger partial charge on any atom is -0.478 e. The van der Waals surface area contributed by atoms with Crippen LogP contribution in [0.3, 0.4) is 0 Å². The van der Waals surface area contributed by atoms with Gasteiger partial charge in [-0.1, -0.05) is 12.1 Å². The molecule has 1 amide bonds. The van der Waals surface area contributed by atoms with Crippen LogP contribution in [0.25, 0.3) is 10.9 Å². The zero-order chi connectivity index (χ0) is 14.2. The lowest BCUT2D eigenvalue weighted by molar-refractivity contribution is -0.114. The van der Waals surface area contributed by atoms with Crippen LogP contribution in [0.5, 0.6) is 0 Å². The van der Waals surface area contributed by atoms with Crippen LogP contribution in [-0.2, 0) is 4.79 Å². The lowest BCUT2D eigenvalue weighted by atomic mass is 10.0. The Kier molecular flexibility index (Phi) is 3.21. The van der Waals surface area contributed by atoms with Gasteiger partial charge in [-0.25, -0.2) is 9.78 Å². The summed E-state index contributed by atoms with van der Waals surface area (Å²) in [5, 5.41) is 12.5. The van der Waals surface area contributed by atoms with Crippen molar-refractivity contribution >= 4 is 28.6 Å². The largest absolute Gasteiger partial charge is 0.478 e. The number of fused-ring (bicyclic) bond motifs is 1. The third kappa shape index (κ3) is 2.40. The Morgan fingerprint density at radius 3 is 2.42 bits per heavy atom. The van der Waals surface area contributed by atoms with Gasteiger partial charge in [-0.2, -0.15) is 0 Å². The van der Waals surface area contributed by atoms with E-state index in [2.05, 4.69) is 10.3 Å². The van der Waals surface area contributed by atoms with E-state index in [4.69, 9.17) is 0 Å². The van der Waals surface area contributed by atoms with Crippen molar-refractivity contribution in [2.24, 2.45) is 0 Å². The first-order valence-electron chi connectivity index (χ1n) is 5.82.